The van der Waals surface area contributed by atoms with Crippen LogP contribution in [0.4, 0.5) is 4.79 Å². The van der Waals surface area contributed by atoms with Crippen molar-refractivity contribution in [3.8, 4) is 5.69 Å². The summed E-state index contributed by atoms with van der Waals surface area (Å²) in [5.41, 5.74) is 0.565. The highest BCUT2D eigenvalue weighted by Gasteiger charge is 2.37. The molecule has 0 aliphatic carbocycles. The van der Waals surface area contributed by atoms with E-state index in [9.17, 15) is 14.4 Å². The molecule has 1 unspecified atom stereocenters. The van der Waals surface area contributed by atoms with Crippen LogP contribution >= 0.6 is 0 Å². The average Bonchev–Trinajstić information content (AvgIpc) is 3.10. The second-order valence-electron chi connectivity index (χ2n) is 7.88. The molecular formula is C21H25N3O4. The number of likely N-dealkylation sites (tertiary alicyclic amines) is 1. The number of ether oxygens (including phenoxy) is 1. The van der Waals surface area contributed by atoms with Crippen LogP contribution in [0.25, 0.3) is 5.69 Å². The van der Waals surface area contributed by atoms with Crippen molar-refractivity contribution in [3.05, 3.63) is 48.3 Å². The van der Waals surface area contributed by atoms with Crippen molar-refractivity contribution in [3.63, 3.8) is 0 Å². The van der Waals surface area contributed by atoms with Gasteiger partial charge in [0.15, 0.2) is 5.78 Å². The van der Waals surface area contributed by atoms with Gasteiger partial charge in [-0.15, -0.1) is 0 Å². The van der Waals surface area contributed by atoms with Crippen LogP contribution in [-0.4, -0.2) is 44.6 Å². The third kappa shape index (κ3) is 4.47. The van der Waals surface area contributed by atoms with Gasteiger partial charge in [0.2, 0.25) is 5.91 Å². The number of carbonyl (C=O) groups excluding carboxylic acids is 3. The van der Waals surface area contributed by atoms with Crippen molar-refractivity contribution in [2.75, 3.05) is 6.54 Å². The fraction of sp³-hybridized carbons (Fsp3) is 0.429. The van der Waals surface area contributed by atoms with E-state index in [1.165, 1.54) is 0 Å². The summed E-state index contributed by atoms with van der Waals surface area (Å²) in [6.45, 7) is 5.51. The van der Waals surface area contributed by atoms with Crippen LogP contribution in [0.2, 0.25) is 0 Å². The number of imide groups is 1. The van der Waals surface area contributed by atoms with Crippen molar-refractivity contribution in [1.29, 1.82) is 0 Å². The van der Waals surface area contributed by atoms with Crippen molar-refractivity contribution < 1.29 is 19.1 Å². The molecule has 148 valence electrons. The smallest absolute Gasteiger partial charge is 0.417 e. The van der Waals surface area contributed by atoms with E-state index >= 15 is 0 Å². The molecule has 1 aromatic carbocycles. The highest BCUT2D eigenvalue weighted by molar-refractivity contribution is 6.12. The predicted octanol–water partition coefficient (Wildman–Crippen LogP) is 3.62. The normalized spacial score (nSPS) is 17.9. The monoisotopic (exact) mass is 383 g/mol. The first-order chi connectivity index (χ1) is 13.3. The lowest BCUT2D eigenvalue weighted by Crippen LogP contribution is -2.44. The Hall–Kier alpha value is -2.96. The average molecular weight is 383 g/mol. The molecule has 0 bridgehead atoms. The van der Waals surface area contributed by atoms with E-state index in [0.29, 0.717) is 24.8 Å². The minimum Gasteiger partial charge on any atom is -0.443 e. The minimum atomic E-state index is -0.870. The molecule has 3 rings (SSSR count). The lowest BCUT2D eigenvalue weighted by molar-refractivity contribution is -0.132. The highest BCUT2D eigenvalue weighted by Crippen LogP contribution is 2.24. The Bertz CT molecular complexity index is 851. The lowest BCUT2D eigenvalue weighted by Gasteiger charge is -2.26. The van der Waals surface area contributed by atoms with Gasteiger partial charge >= 0.3 is 6.09 Å². The van der Waals surface area contributed by atoms with E-state index in [0.717, 1.165) is 10.6 Å². The van der Waals surface area contributed by atoms with Crippen LogP contribution < -0.4 is 0 Å². The zero-order chi connectivity index (χ0) is 20.3. The van der Waals surface area contributed by atoms with Crippen LogP contribution in [0.3, 0.4) is 0 Å². The topological polar surface area (TPSA) is 81.5 Å². The second kappa shape index (κ2) is 7.96. The molecule has 7 heteroatoms. The number of hydrogen-bond acceptors (Lipinski definition) is 5. The Labute approximate surface area is 164 Å². The zero-order valence-electron chi connectivity index (χ0n) is 16.4. The number of carbonyl (C=O) groups is 3. The summed E-state index contributed by atoms with van der Waals surface area (Å²) < 4.78 is 7.03. The van der Waals surface area contributed by atoms with Crippen molar-refractivity contribution in [1.82, 2.24) is 14.7 Å². The van der Waals surface area contributed by atoms with Gasteiger partial charge in [-0.3, -0.25) is 9.59 Å². The van der Waals surface area contributed by atoms with E-state index < -0.39 is 23.5 Å². The summed E-state index contributed by atoms with van der Waals surface area (Å²) in [6, 6.07) is 8.76. The summed E-state index contributed by atoms with van der Waals surface area (Å²) in [5.74, 6) is -1.62. The molecule has 1 saturated heterocycles. The van der Waals surface area contributed by atoms with Gasteiger partial charge in [0.1, 0.15) is 11.5 Å². The molecule has 28 heavy (non-hydrogen) atoms. The third-order valence-electron chi connectivity index (χ3n) is 4.54. The molecule has 0 N–H and O–H groups in total. The van der Waals surface area contributed by atoms with E-state index in [1.54, 1.807) is 55.9 Å². The maximum Gasteiger partial charge on any atom is 0.417 e. The molecule has 1 atom stereocenters. The van der Waals surface area contributed by atoms with E-state index in [4.69, 9.17) is 4.74 Å². The summed E-state index contributed by atoms with van der Waals surface area (Å²) >= 11 is 0. The Morgan fingerprint density at radius 1 is 1.14 bits per heavy atom. The number of benzene rings is 1. The molecule has 7 nitrogen and oxygen atoms in total. The van der Waals surface area contributed by atoms with Gasteiger partial charge in [-0.05, 0) is 63.9 Å². The van der Waals surface area contributed by atoms with Crippen molar-refractivity contribution in [2.24, 2.45) is 5.92 Å². The Morgan fingerprint density at radius 3 is 2.46 bits per heavy atom. The van der Waals surface area contributed by atoms with Crippen LogP contribution in [0, 0.1) is 5.92 Å². The SMILES string of the molecule is CC(C)(C)OC(=O)N1CCCCC(C(=O)c2ccc(-n3cccn3)cc2)C1=O. The fourth-order valence-corrected chi connectivity index (χ4v) is 3.18. The molecule has 1 aliphatic rings. The minimum absolute atomic E-state index is 0.271. The van der Waals surface area contributed by atoms with Gasteiger partial charge in [-0.2, -0.15) is 5.10 Å². The number of nitrogens with zero attached hydrogens (tertiary/aromatic N) is 3. The molecule has 1 aliphatic heterocycles. The summed E-state index contributed by atoms with van der Waals surface area (Å²) in [6.07, 6.45) is 4.59. The third-order valence-corrected chi connectivity index (χ3v) is 4.54. The lowest BCUT2D eigenvalue weighted by atomic mass is 9.92. The van der Waals surface area contributed by atoms with Gasteiger partial charge in [0.05, 0.1) is 5.69 Å². The zero-order valence-corrected chi connectivity index (χ0v) is 16.4. The predicted molar refractivity (Wildman–Crippen MR) is 103 cm³/mol. The first-order valence-corrected chi connectivity index (χ1v) is 9.45. The quantitative estimate of drug-likeness (QED) is 0.597. The summed E-state index contributed by atoms with van der Waals surface area (Å²) in [7, 11) is 0. The van der Waals surface area contributed by atoms with Crippen molar-refractivity contribution >= 4 is 17.8 Å². The Kier molecular flexibility index (Phi) is 5.63. The first-order valence-electron chi connectivity index (χ1n) is 9.45. The number of aromatic nitrogens is 2. The highest BCUT2D eigenvalue weighted by atomic mass is 16.6. The number of hydrogen-bond donors (Lipinski definition) is 0. The summed E-state index contributed by atoms with van der Waals surface area (Å²) in [4.78, 5) is 39.4. The number of ketones is 1. The van der Waals surface area contributed by atoms with Gasteiger partial charge < -0.3 is 4.74 Å². The molecule has 0 saturated carbocycles. The maximum absolute atomic E-state index is 13.0. The largest absolute Gasteiger partial charge is 0.443 e. The van der Waals surface area contributed by atoms with Crippen LogP contribution in [0.5, 0.6) is 0 Å². The Balaban J connectivity index is 1.78. The standard InChI is InChI=1S/C21H25N3O4/c1-21(2,3)28-20(27)23-13-5-4-7-17(19(23)26)18(25)15-8-10-16(11-9-15)24-14-6-12-22-24/h6,8-12,14,17H,4-5,7,13H2,1-3H3. The fourth-order valence-electron chi connectivity index (χ4n) is 3.18. The summed E-state index contributed by atoms with van der Waals surface area (Å²) in [5, 5.41) is 4.15. The second-order valence-corrected chi connectivity index (χ2v) is 7.88. The molecule has 1 aromatic heterocycles. The number of rotatable bonds is 3. The molecule has 0 radical (unpaired) electrons. The van der Waals surface area contributed by atoms with Crippen LogP contribution in [0.1, 0.15) is 50.4 Å². The molecule has 2 amide bonds. The molecule has 2 heterocycles. The van der Waals surface area contributed by atoms with E-state index in [-0.39, 0.29) is 12.3 Å². The first kappa shape index (κ1) is 19.8. The Morgan fingerprint density at radius 2 is 1.86 bits per heavy atom. The van der Waals surface area contributed by atoms with Crippen molar-refractivity contribution in [2.45, 2.75) is 45.6 Å². The van der Waals surface area contributed by atoms with Crippen LogP contribution in [-0.2, 0) is 9.53 Å². The molecule has 0 spiro atoms. The van der Waals surface area contributed by atoms with E-state index in [2.05, 4.69) is 5.10 Å². The van der Waals surface area contributed by atoms with Gasteiger partial charge in [-0.1, -0.05) is 6.42 Å². The van der Waals surface area contributed by atoms with Gasteiger partial charge in [0.25, 0.3) is 0 Å². The van der Waals surface area contributed by atoms with Gasteiger partial charge in [-0.25, -0.2) is 14.4 Å². The van der Waals surface area contributed by atoms with Gasteiger partial charge in [0, 0.05) is 24.5 Å². The molecule has 2 aromatic rings. The van der Waals surface area contributed by atoms with E-state index in [1.807, 2.05) is 12.3 Å². The van der Waals surface area contributed by atoms with Crippen LogP contribution in [0.15, 0.2) is 42.7 Å². The maximum atomic E-state index is 13.0. The number of amides is 2. The molecule has 1 fully saturated rings. The molecular weight excluding hydrogens is 358 g/mol. The number of Topliss-reactive ketones (excluding diaryl/α,β-unsaturated/α-hetero) is 1.